The van der Waals surface area contributed by atoms with Gasteiger partial charge in [-0.1, -0.05) is 17.7 Å². The number of rotatable bonds is 5. The number of nitrogens with one attached hydrogen (secondary N) is 1. The van der Waals surface area contributed by atoms with E-state index in [4.69, 9.17) is 16.7 Å². The fourth-order valence-electron chi connectivity index (χ4n) is 1.73. The lowest BCUT2D eigenvalue weighted by Gasteiger charge is -2.13. The minimum atomic E-state index is -3.77. The minimum Gasteiger partial charge on any atom is -0.478 e. The summed E-state index contributed by atoms with van der Waals surface area (Å²) in [5.74, 6) is -1.20. The van der Waals surface area contributed by atoms with Gasteiger partial charge in [-0.2, -0.15) is 0 Å². The Kier molecular flexibility index (Phi) is 4.67. The molecule has 0 aliphatic carbocycles. The molecular weight excluding hydrogens is 334 g/mol. The normalized spacial score (nSPS) is 13.0. The highest BCUT2D eigenvalue weighted by Gasteiger charge is 2.21. The van der Waals surface area contributed by atoms with Gasteiger partial charge in [0.15, 0.2) is 0 Å². The van der Waals surface area contributed by atoms with E-state index in [1.807, 2.05) is 17.5 Å². The van der Waals surface area contributed by atoms with E-state index in [-0.39, 0.29) is 21.5 Å². The highest BCUT2D eigenvalue weighted by molar-refractivity contribution is 7.89. The first-order chi connectivity index (χ1) is 9.81. The van der Waals surface area contributed by atoms with E-state index in [1.54, 1.807) is 6.92 Å². The van der Waals surface area contributed by atoms with Crippen LogP contribution < -0.4 is 4.72 Å². The molecule has 1 aromatic heterocycles. The number of halogens is 1. The maximum atomic E-state index is 12.3. The Bertz CT molecular complexity index is 756. The van der Waals surface area contributed by atoms with Gasteiger partial charge < -0.3 is 5.11 Å². The van der Waals surface area contributed by atoms with Crippen LogP contribution >= 0.6 is 22.9 Å². The van der Waals surface area contributed by atoms with E-state index in [9.17, 15) is 13.2 Å². The molecular formula is C13H12ClNO4S2. The highest BCUT2D eigenvalue weighted by Crippen LogP contribution is 2.24. The molecule has 5 nitrogen and oxygen atoms in total. The summed E-state index contributed by atoms with van der Waals surface area (Å²) in [6.45, 7) is 1.73. The van der Waals surface area contributed by atoms with Crippen LogP contribution in [0.4, 0.5) is 0 Å². The van der Waals surface area contributed by atoms with Gasteiger partial charge in [-0.15, -0.1) is 11.3 Å². The lowest BCUT2D eigenvalue weighted by Crippen LogP contribution is -2.26. The Morgan fingerprint density at radius 3 is 2.62 bits per heavy atom. The van der Waals surface area contributed by atoms with Crippen molar-refractivity contribution in [2.24, 2.45) is 0 Å². The number of carboxylic acid groups (broad SMARTS) is 1. The van der Waals surface area contributed by atoms with E-state index in [0.717, 1.165) is 10.9 Å². The third-order valence-corrected chi connectivity index (χ3v) is 5.69. The smallest absolute Gasteiger partial charge is 0.337 e. The summed E-state index contributed by atoms with van der Waals surface area (Å²) in [7, 11) is -3.77. The van der Waals surface area contributed by atoms with Crippen LogP contribution in [-0.2, 0) is 10.0 Å². The average molecular weight is 346 g/mol. The third-order valence-electron chi connectivity index (χ3n) is 2.78. The summed E-state index contributed by atoms with van der Waals surface area (Å²) in [4.78, 5) is 11.7. The highest BCUT2D eigenvalue weighted by atomic mass is 35.5. The van der Waals surface area contributed by atoms with Gasteiger partial charge in [0.25, 0.3) is 0 Å². The molecule has 1 aromatic carbocycles. The number of aromatic carboxylic acids is 1. The van der Waals surface area contributed by atoms with Crippen LogP contribution in [0.25, 0.3) is 0 Å². The minimum absolute atomic E-state index is 0.0686. The van der Waals surface area contributed by atoms with E-state index in [0.29, 0.717) is 0 Å². The Hall–Kier alpha value is -1.41. The van der Waals surface area contributed by atoms with Crippen molar-refractivity contribution < 1.29 is 18.3 Å². The first-order valence-corrected chi connectivity index (χ1v) is 8.64. The van der Waals surface area contributed by atoms with E-state index < -0.39 is 16.0 Å². The molecule has 0 spiro atoms. The number of hydrogen-bond acceptors (Lipinski definition) is 4. The van der Waals surface area contributed by atoms with Gasteiger partial charge in [0, 0.05) is 4.88 Å². The Morgan fingerprint density at radius 1 is 1.38 bits per heavy atom. The van der Waals surface area contributed by atoms with Gasteiger partial charge in [-0.25, -0.2) is 17.9 Å². The van der Waals surface area contributed by atoms with Crippen molar-refractivity contribution in [2.75, 3.05) is 0 Å². The number of sulfonamides is 1. The maximum Gasteiger partial charge on any atom is 0.337 e. The van der Waals surface area contributed by atoms with Crippen LogP contribution in [0.2, 0.25) is 5.02 Å². The van der Waals surface area contributed by atoms with Crippen LogP contribution in [-0.4, -0.2) is 19.5 Å². The zero-order chi connectivity index (χ0) is 15.6. The molecule has 0 radical (unpaired) electrons. The maximum absolute atomic E-state index is 12.3. The van der Waals surface area contributed by atoms with E-state index in [1.165, 1.54) is 23.5 Å². The molecule has 0 aliphatic rings. The molecule has 8 heteroatoms. The van der Waals surface area contributed by atoms with E-state index >= 15 is 0 Å². The standard InChI is InChI=1S/C13H12ClNO4S2/c1-8(12-3-2-6-20-12)15-21(18,19)9-4-5-10(13(16)17)11(14)7-9/h2-8,15H,1H3,(H,16,17)/t8-/m0/s1. The topological polar surface area (TPSA) is 83.5 Å². The third kappa shape index (κ3) is 3.62. The molecule has 0 saturated carbocycles. The molecule has 1 heterocycles. The van der Waals surface area contributed by atoms with Crippen LogP contribution in [0.3, 0.4) is 0 Å². The van der Waals surface area contributed by atoms with Gasteiger partial charge in [0.05, 0.1) is 21.5 Å². The number of thiophene rings is 1. The molecule has 2 N–H and O–H groups in total. The van der Waals surface area contributed by atoms with Crippen LogP contribution in [0.5, 0.6) is 0 Å². The van der Waals surface area contributed by atoms with Crippen LogP contribution in [0.15, 0.2) is 40.6 Å². The van der Waals surface area contributed by atoms with Crippen molar-refractivity contribution >= 4 is 38.9 Å². The summed E-state index contributed by atoms with van der Waals surface area (Å²) in [5.41, 5.74) is -0.137. The van der Waals surface area contributed by atoms with E-state index in [2.05, 4.69) is 4.72 Å². The zero-order valence-electron chi connectivity index (χ0n) is 10.9. The van der Waals surface area contributed by atoms with Crippen molar-refractivity contribution in [3.05, 3.63) is 51.2 Å². The van der Waals surface area contributed by atoms with Crippen molar-refractivity contribution in [2.45, 2.75) is 17.9 Å². The summed E-state index contributed by atoms with van der Waals surface area (Å²) < 4.78 is 27.0. The second-order valence-corrected chi connectivity index (χ2v) is 7.41. The molecule has 1 atom stereocenters. The second kappa shape index (κ2) is 6.15. The molecule has 2 aromatic rings. The quantitative estimate of drug-likeness (QED) is 0.872. The Morgan fingerprint density at radius 2 is 2.10 bits per heavy atom. The fraction of sp³-hybridized carbons (Fsp3) is 0.154. The van der Waals surface area contributed by atoms with Crippen molar-refractivity contribution in [1.29, 1.82) is 0 Å². The molecule has 0 fully saturated rings. The summed E-state index contributed by atoms with van der Waals surface area (Å²) in [6, 6.07) is 6.82. The largest absolute Gasteiger partial charge is 0.478 e. The predicted octanol–water partition coefficient (Wildman–Crippen LogP) is 3.14. The Labute approximate surface area is 131 Å². The molecule has 21 heavy (non-hydrogen) atoms. The summed E-state index contributed by atoms with van der Waals surface area (Å²) in [5, 5.41) is 10.6. The molecule has 112 valence electrons. The second-order valence-electron chi connectivity index (χ2n) is 4.31. The Balaban J connectivity index is 2.28. The summed E-state index contributed by atoms with van der Waals surface area (Å²) in [6.07, 6.45) is 0. The monoisotopic (exact) mass is 345 g/mol. The van der Waals surface area contributed by atoms with Crippen molar-refractivity contribution in [3.63, 3.8) is 0 Å². The zero-order valence-corrected chi connectivity index (χ0v) is 13.3. The average Bonchev–Trinajstić information content (AvgIpc) is 2.91. The SMILES string of the molecule is C[C@H](NS(=O)(=O)c1ccc(C(=O)O)c(Cl)c1)c1cccs1. The molecule has 0 amide bonds. The van der Waals surface area contributed by atoms with Crippen molar-refractivity contribution in [3.8, 4) is 0 Å². The number of benzene rings is 1. The van der Waals surface area contributed by atoms with Crippen LogP contribution in [0.1, 0.15) is 28.2 Å². The van der Waals surface area contributed by atoms with Gasteiger partial charge in [0.1, 0.15) is 0 Å². The van der Waals surface area contributed by atoms with Gasteiger partial charge >= 0.3 is 5.97 Å². The molecule has 0 aliphatic heterocycles. The lowest BCUT2D eigenvalue weighted by molar-refractivity contribution is 0.0697. The number of carboxylic acids is 1. The molecule has 0 unspecified atom stereocenters. The molecule has 0 bridgehead atoms. The molecule has 0 saturated heterocycles. The number of carbonyl (C=O) groups is 1. The fourth-order valence-corrected chi connectivity index (χ4v) is 4.12. The molecule has 2 rings (SSSR count). The van der Waals surface area contributed by atoms with Crippen LogP contribution in [0, 0.1) is 0 Å². The first kappa shape index (κ1) is 16.0. The first-order valence-electron chi connectivity index (χ1n) is 5.90. The van der Waals surface area contributed by atoms with Gasteiger partial charge in [-0.05, 0) is 36.6 Å². The van der Waals surface area contributed by atoms with Crippen molar-refractivity contribution in [1.82, 2.24) is 4.72 Å². The predicted molar refractivity (Wildman–Crippen MR) is 81.5 cm³/mol. The van der Waals surface area contributed by atoms with Gasteiger partial charge in [-0.3, -0.25) is 0 Å². The summed E-state index contributed by atoms with van der Waals surface area (Å²) >= 11 is 7.24. The lowest BCUT2D eigenvalue weighted by atomic mass is 10.2. The van der Waals surface area contributed by atoms with Gasteiger partial charge in [0.2, 0.25) is 10.0 Å². The number of hydrogen-bond donors (Lipinski definition) is 2.